The maximum Gasteiger partial charge on any atom is 0.236 e. The van der Waals surface area contributed by atoms with Crippen LogP contribution in [0, 0.1) is 0 Å². The van der Waals surface area contributed by atoms with Gasteiger partial charge in [0.25, 0.3) is 0 Å². The molecule has 0 bridgehead atoms. The molecule has 1 heterocycles. The number of likely N-dealkylation sites (N-methyl/N-ethyl adjacent to an activating group) is 1. The molecule has 1 saturated heterocycles. The first-order valence-corrected chi connectivity index (χ1v) is 7.82. The summed E-state index contributed by atoms with van der Waals surface area (Å²) in [6.07, 6.45) is 4.65. The molecule has 1 aliphatic heterocycles. The van der Waals surface area contributed by atoms with Crippen molar-refractivity contribution in [2.75, 3.05) is 32.7 Å². The fourth-order valence-corrected chi connectivity index (χ4v) is 2.46. The predicted molar refractivity (Wildman–Crippen MR) is 80.4 cm³/mol. The second-order valence-corrected chi connectivity index (χ2v) is 5.82. The Balaban J connectivity index is 2.41. The van der Waals surface area contributed by atoms with Crippen LogP contribution in [-0.2, 0) is 9.59 Å². The van der Waals surface area contributed by atoms with Crippen LogP contribution < -0.4 is 5.32 Å². The number of rotatable bonds is 6. The molecule has 5 heteroatoms. The lowest BCUT2D eigenvalue weighted by Gasteiger charge is -2.25. The van der Waals surface area contributed by atoms with Crippen molar-refractivity contribution in [3.8, 4) is 0 Å². The molecule has 0 radical (unpaired) electrons. The Labute approximate surface area is 122 Å². The highest BCUT2D eigenvalue weighted by atomic mass is 16.2. The van der Waals surface area contributed by atoms with Crippen molar-refractivity contribution < 1.29 is 9.59 Å². The summed E-state index contributed by atoms with van der Waals surface area (Å²) >= 11 is 0. The molecule has 0 aliphatic carbocycles. The van der Waals surface area contributed by atoms with Gasteiger partial charge in [-0.25, -0.2) is 0 Å². The molecule has 1 rings (SSSR count). The fourth-order valence-electron chi connectivity index (χ4n) is 2.46. The van der Waals surface area contributed by atoms with Gasteiger partial charge in [-0.3, -0.25) is 14.5 Å². The van der Waals surface area contributed by atoms with E-state index in [9.17, 15) is 9.59 Å². The summed E-state index contributed by atoms with van der Waals surface area (Å²) in [5.74, 6) is 0.150. The molecule has 0 aromatic carbocycles. The Morgan fingerprint density at radius 2 is 1.70 bits per heavy atom. The Morgan fingerprint density at radius 3 is 2.20 bits per heavy atom. The van der Waals surface area contributed by atoms with Gasteiger partial charge < -0.3 is 10.2 Å². The van der Waals surface area contributed by atoms with E-state index in [0.29, 0.717) is 19.6 Å². The van der Waals surface area contributed by atoms with Gasteiger partial charge >= 0.3 is 0 Å². The molecule has 0 atom stereocenters. The van der Waals surface area contributed by atoms with E-state index in [1.165, 1.54) is 12.8 Å². The molecule has 1 aliphatic rings. The monoisotopic (exact) mass is 283 g/mol. The van der Waals surface area contributed by atoms with Crippen LogP contribution in [0.1, 0.15) is 46.5 Å². The highest BCUT2D eigenvalue weighted by Crippen LogP contribution is 2.10. The normalized spacial score (nSPS) is 16.4. The molecule has 0 aromatic rings. The number of likely N-dealkylation sites (tertiary alicyclic amines) is 1. The molecule has 0 aromatic heterocycles. The average Bonchev–Trinajstić information content (AvgIpc) is 2.65. The van der Waals surface area contributed by atoms with Crippen LogP contribution in [0.5, 0.6) is 0 Å². The first kappa shape index (κ1) is 17.0. The number of carbonyl (C=O) groups is 2. The van der Waals surface area contributed by atoms with E-state index < -0.39 is 0 Å². The first-order chi connectivity index (χ1) is 9.52. The second-order valence-electron chi connectivity index (χ2n) is 5.82. The second kappa shape index (κ2) is 8.95. The van der Waals surface area contributed by atoms with Crippen molar-refractivity contribution in [3.63, 3.8) is 0 Å². The fraction of sp³-hybridized carbons (Fsp3) is 0.867. The largest absolute Gasteiger partial charge is 0.353 e. The summed E-state index contributed by atoms with van der Waals surface area (Å²) in [6.45, 7) is 8.97. The molecule has 20 heavy (non-hydrogen) atoms. The molecule has 0 saturated carbocycles. The van der Waals surface area contributed by atoms with Crippen LogP contribution in [0.25, 0.3) is 0 Å². The number of hydrogen-bond acceptors (Lipinski definition) is 3. The summed E-state index contributed by atoms with van der Waals surface area (Å²) in [7, 11) is 0. The van der Waals surface area contributed by atoms with Crippen molar-refractivity contribution >= 4 is 11.8 Å². The quantitative estimate of drug-likeness (QED) is 0.798. The molecule has 5 nitrogen and oxygen atoms in total. The van der Waals surface area contributed by atoms with E-state index in [1.54, 1.807) is 0 Å². The zero-order chi connectivity index (χ0) is 15.0. The number of amides is 2. The van der Waals surface area contributed by atoms with E-state index in [-0.39, 0.29) is 17.9 Å². The molecule has 0 spiro atoms. The lowest BCUT2D eigenvalue weighted by Crippen LogP contribution is -2.45. The van der Waals surface area contributed by atoms with Gasteiger partial charge in [0.1, 0.15) is 0 Å². The summed E-state index contributed by atoms with van der Waals surface area (Å²) in [4.78, 5) is 27.9. The van der Waals surface area contributed by atoms with Gasteiger partial charge in [-0.2, -0.15) is 0 Å². The Bertz CT molecular complexity index is 310. The highest BCUT2D eigenvalue weighted by molar-refractivity contribution is 5.81. The van der Waals surface area contributed by atoms with Gasteiger partial charge in [0.2, 0.25) is 11.8 Å². The Morgan fingerprint density at radius 1 is 1.10 bits per heavy atom. The number of hydrogen-bond donors (Lipinski definition) is 1. The molecule has 2 amide bonds. The number of nitrogens with one attached hydrogen (secondary N) is 1. The van der Waals surface area contributed by atoms with Crippen molar-refractivity contribution in [1.82, 2.24) is 15.1 Å². The maximum absolute atomic E-state index is 12.3. The topological polar surface area (TPSA) is 52.7 Å². The Kier molecular flexibility index (Phi) is 7.59. The van der Waals surface area contributed by atoms with E-state index in [2.05, 4.69) is 5.32 Å². The van der Waals surface area contributed by atoms with Crippen molar-refractivity contribution in [2.45, 2.75) is 52.5 Å². The third-order valence-corrected chi connectivity index (χ3v) is 3.58. The standard InChI is InChI=1S/C15H29N3O2/c1-4-17(11-14(19)16-13(2)3)12-15(20)18-9-7-5-6-8-10-18/h13H,4-12H2,1-3H3,(H,16,19). The first-order valence-electron chi connectivity index (χ1n) is 7.82. The van der Waals surface area contributed by atoms with Crippen molar-refractivity contribution in [1.29, 1.82) is 0 Å². The van der Waals surface area contributed by atoms with Crippen LogP contribution in [-0.4, -0.2) is 60.4 Å². The number of carbonyl (C=O) groups excluding carboxylic acids is 2. The van der Waals surface area contributed by atoms with Crippen molar-refractivity contribution in [2.24, 2.45) is 0 Å². The smallest absolute Gasteiger partial charge is 0.236 e. The third kappa shape index (κ3) is 6.37. The van der Waals surface area contributed by atoms with Crippen molar-refractivity contribution in [3.05, 3.63) is 0 Å². The summed E-state index contributed by atoms with van der Waals surface area (Å²) in [5.41, 5.74) is 0. The van der Waals surface area contributed by atoms with Gasteiger partial charge in [0.15, 0.2) is 0 Å². The lowest BCUT2D eigenvalue weighted by atomic mass is 10.2. The minimum atomic E-state index is -0.00878. The number of nitrogens with zero attached hydrogens (tertiary/aromatic N) is 2. The van der Waals surface area contributed by atoms with Gasteiger partial charge in [0, 0.05) is 19.1 Å². The molecule has 1 N–H and O–H groups in total. The average molecular weight is 283 g/mol. The van der Waals surface area contributed by atoms with E-state index in [4.69, 9.17) is 0 Å². The SMILES string of the molecule is CCN(CC(=O)NC(C)C)CC(=O)N1CCCCCC1. The van der Waals surface area contributed by atoms with Crippen LogP contribution in [0.4, 0.5) is 0 Å². The summed E-state index contributed by atoms with van der Waals surface area (Å²) < 4.78 is 0. The lowest BCUT2D eigenvalue weighted by molar-refractivity contribution is -0.133. The van der Waals surface area contributed by atoms with Crippen LogP contribution in [0.2, 0.25) is 0 Å². The third-order valence-electron chi connectivity index (χ3n) is 3.58. The van der Waals surface area contributed by atoms with Gasteiger partial charge in [-0.15, -0.1) is 0 Å². The van der Waals surface area contributed by atoms with Crippen LogP contribution in [0.3, 0.4) is 0 Å². The minimum absolute atomic E-state index is 0.00878. The molecule has 116 valence electrons. The van der Waals surface area contributed by atoms with E-state index in [0.717, 1.165) is 25.9 Å². The summed E-state index contributed by atoms with van der Waals surface area (Å²) in [6, 6.07) is 0.141. The minimum Gasteiger partial charge on any atom is -0.353 e. The zero-order valence-electron chi connectivity index (χ0n) is 13.2. The molecular weight excluding hydrogens is 254 g/mol. The van der Waals surface area contributed by atoms with E-state index >= 15 is 0 Å². The molecule has 0 unspecified atom stereocenters. The maximum atomic E-state index is 12.3. The zero-order valence-corrected chi connectivity index (χ0v) is 13.2. The van der Waals surface area contributed by atoms with Crippen LogP contribution in [0.15, 0.2) is 0 Å². The predicted octanol–water partition coefficient (Wildman–Crippen LogP) is 1.24. The Hall–Kier alpha value is -1.10. The summed E-state index contributed by atoms with van der Waals surface area (Å²) in [5, 5.41) is 2.86. The van der Waals surface area contributed by atoms with Gasteiger partial charge in [-0.05, 0) is 33.2 Å². The van der Waals surface area contributed by atoms with Gasteiger partial charge in [0.05, 0.1) is 13.1 Å². The van der Waals surface area contributed by atoms with Crippen LogP contribution >= 0.6 is 0 Å². The van der Waals surface area contributed by atoms with Gasteiger partial charge in [-0.1, -0.05) is 19.8 Å². The highest BCUT2D eigenvalue weighted by Gasteiger charge is 2.19. The molecule has 1 fully saturated rings. The molecular formula is C15H29N3O2. The van der Waals surface area contributed by atoms with E-state index in [1.807, 2.05) is 30.6 Å².